The molecule has 0 fully saturated rings. The summed E-state index contributed by atoms with van der Waals surface area (Å²) in [5.74, 6) is -1.21. The van der Waals surface area contributed by atoms with Crippen molar-refractivity contribution in [2.75, 3.05) is 6.54 Å². The lowest BCUT2D eigenvalue weighted by molar-refractivity contribution is -0.141. The molecule has 0 aromatic heterocycles. The minimum absolute atomic E-state index is 0.154. The Bertz CT molecular complexity index is 503. The van der Waals surface area contributed by atoms with Gasteiger partial charge in [-0.3, -0.25) is 9.59 Å². The van der Waals surface area contributed by atoms with E-state index in [0.717, 1.165) is 5.56 Å². The van der Waals surface area contributed by atoms with E-state index in [1.807, 2.05) is 24.3 Å². The van der Waals surface area contributed by atoms with Gasteiger partial charge >= 0.3 is 5.97 Å². The first-order valence-corrected chi connectivity index (χ1v) is 7.22. The number of hydrogen-bond acceptors (Lipinski definition) is 2. The van der Waals surface area contributed by atoms with Gasteiger partial charge in [0.25, 0.3) is 0 Å². The van der Waals surface area contributed by atoms with E-state index in [0.29, 0.717) is 12.3 Å². The SMILES string of the molecule is CCC(CNC(=O)C=Cc1ccc(C(C)C)cc1)C(=O)O. The zero-order valence-corrected chi connectivity index (χ0v) is 12.8. The van der Waals surface area contributed by atoms with Crippen LogP contribution in [0.15, 0.2) is 30.3 Å². The first-order chi connectivity index (χ1) is 9.93. The van der Waals surface area contributed by atoms with E-state index in [1.165, 1.54) is 11.6 Å². The highest BCUT2D eigenvalue weighted by Gasteiger charge is 2.14. The standard InChI is InChI=1S/C17H23NO3/c1-4-14(17(20)21)11-18-16(19)10-7-13-5-8-15(9-6-13)12(2)3/h5-10,12,14H,4,11H2,1-3H3,(H,18,19)(H,20,21). The monoisotopic (exact) mass is 289 g/mol. The lowest BCUT2D eigenvalue weighted by Crippen LogP contribution is -2.31. The summed E-state index contributed by atoms with van der Waals surface area (Å²) in [4.78, 5) is 22.5. The maximum absolute atomic E-state index is 11.6. The van der Waals surface area contributed by atoms with Crippen LogP contribution in [0.25, 0.3) is 6.08 Å². The molecule has 1 rings (SSSR count). The summed E-state index contributed by atoms with van der Waals surface area (Å²) in [6, 6.07) is 8.01. The summed E-state index contributed by atoms with van der Waals surface area (Å²) in [6.07, 6.45) is 3.65. The van der Waals surface area contributed by atoms with E-state index in [9.17, 15) is 9.59 Å². The van der Waals surface area contributed by atoms with Crippen LogP contribution >= 0.6 is 0 Å². The second kappa shape index (κ2) is 8.25. The fourth-order valence-electron chi connectivity index (χ4n) is 1.85. The highest BCUT2D eigenvalue weighted by molar-refractivity contribution is 5.91. The van der Waals surface area contributed by atoms with E-state index in [4.69, 9.17) is 5.11 Å². The van der Waals surface area contributed by atoms with Crippen molar-refractivity contribution in [3.63, 3.8) is 0 Å². The van der Waals surface area contributed by atoms with Gasteiger partial charge in [-0.05, 0) is 29.5 Å². The Balaban J connectivity index is 2.52. The van der Waals surface area contributed by atoms with E-state index in [1.54, 1.807) is 13.0 Å². The fraction of sp³-hybridized carbons (Fsp3) is 0.412. The third-order valence-electron chi connectivity index (χ3n) is 3.40. The topological polar surface area (TPSA) is 66.4 Å². The Morgan fingerprint density at radius 2 is 1.86 bits per heavy atom. The number of benzene rings is 1. The van der Waals surface area contributed by atoms with Gasteiger partial charge in [-0.1, -0.05) is 45.0 Å². The predicted octanol–water partition coefficient (Wildman–Crippen LogP) is 3.05. The highest BCUT2D eigenvalue weighted by atomic mass is 16.4. The quantitative estimate of drug-likeness (QED) is 0.758. The molecule has 0 aliphatic heterocycles. The molecule has 1 atom stereocenters. The molecule has 1 amide bonds. The van der Waals surface area contributed by atoms with Gasteiger partial charge in [-0.2, -0.15) is 0 Å². The van der Waals surface area contributed by atoms with Crippen molar-refractivity contribution in [3.8, 4) is 0 Å². The molecule has 0 radical (unpaired) electrons. The number of nitrogens with one attached hydrogen (secondary N) is 1. The molecule has 0 aliphatic rings. The molecule has 0 bridgehead atoms. The molecule has 0 aliphatic carbocycles. The molecular weight excluding hydrogens is 266 g/mol. The van der Waals surface area contributed by atoms with Gasteiger partial charge in [0.05, 0.1) is 5.92 Å². The van der Waals surface area contributed by atoms with Crippen molar-refractivity contribution >= 4 is 18.0 Å². The van der Waals surface area contributed by atoms with Gasteiger partial charge in [-0.15, -0.1) is 0 Å². The molecule has 1 unspecified atom stereocenters. The summed E-state index contributed by atoms with van der Waals surface area (Å²) < 4.78 is 0. The Morgan fingerprint density at radius 3 is 2.33 bits per heavy atom. The third kappa shape index (κ3) is 5.81. The van der Waals surface area contributed by atoms with Gasteiger partial charge in [0, 0.05) is 12.6 Å². The number of hydrogen-bond donors (Lipinski definition) is 2. The lowest BCUT2D eigenvalue weighted by Gasteiger charge is -2.09. The number of carboxylic acids is 1. The molecule has 114 valence electrons. The van der Waals surface area contributed by atoms with E-state index >= 15 is 0 Å². The molecule has 0 spiro atoms. The van der Waals surface area contributed by atoms with Crippen LogP contribution in [0.1, 0.15) is 44.2 Å². The number of amides is 1. The van der Waals surface area contributed by atoms with E-state index < -0.39 is 11.9 Å². The molecule has 2 N–H and O–H groups in total. The van der Waals surface area contributed by atoms with Gasteiger partial charge in [0.1, 0.15) is 0 Å². The largest absolute Gasteiger partial charge is 0.481 e. The first kappa shape index (κ1) is 17.0. The van der Waals surface area contributed by atoms with Crippen LogP contribution in [0.3, 0.4) is 0 Å². The molecular formula is C17H23NO3. The van der Waals surface area contributed by atoms with Crippen molar-refractivity contribution in [1.29, 1.82) is 0 Å². The second-order valence-electron chi connectivity index (χ2n) is 5.34. The molecule has 0 saturated carbocycles. The van der Waals surface area contributed by atoms with Crippen molar-refractivity contribution in [1.82, 2.24) is 5.32 Å². The normalized spacial score (nSPS) is 12.6. The first-order valence-electron chi connectivity index (χ1n) is 7.22. The number of rotatable bonds is 7. The lowest BCUT2D eigenvalue weighted by atomic mass is 10.0. The Labute approximate surface area is 125 Å². The number of aliphatic carboxylic acids is 1. The molecule has 1 aromatic carbocycles. The van der Waals surface area contributed by atoms with Crippen LogP contribution in [-0.4, -0.2) is 23.5 Å². The van der Waals surface area contributed by atoms with E-state index in [2.05, 4.69) is 19.2 Å². The van der Waals surface area contributed by atoms with E-state index in [-0.39, 0.29) is 12.5 Å². The van der Waals surface area contributed by atoms with Crippen molar-refractivity contribution < 1.29 is 14.7 Å². The minimum atomic E-state index is -0.883. The molecule has 1 aromatic rings. The predicted molar refractivity (Wildman–Crippen MR) is 84.0 cm³/mol. The van der Waals surface area contributed by atoms with Crippen LogP contribution in [0.2, 0.25) is 0 Å². The van der Waals surface area contributed by atoms with Crippen molar-refractivity contribution in [3.05, 3.63) is 41.5 Å². The highest BCUT2D eigenvalue weighted by Crippen LogP contribution is 2.15. The maximum atomic E-state index is 11.6. The van der Waals surface area contributed by atoms with Crippen molar-refractivity contribution in [2.24, 2.45) is 5.92 Å². The minimum Gasteiger partial charge on any atom is -0.481 e. The van der Waals surface area contributed by atoms with Crippen LogP contribution < -0.4 is 5.32 Å². The number of carbonyl (C=O) groups excluding carboxylic acids is 1. The Kier molecular flexibility index (Phi) is 6.66. The average molecular weight is 289 g/mol. The van der Waals surface area contributed by atoms with Crippen LogP contribution in [0, 0.1) is 5.92 Å². The number of carbonyl (C=O) groups is 2. The summed E-state index contributed by atoms with van der Waals surface area (Å²) in [6.45, 7) is 6.20. The molecule has 4 heteroatoms. The zero-order valence-electron chi connectivity index (χ0n) is 12.8. The zero-order chi connectivity index (χ0) is 15.8. The van der Waals surface area contributed by atoms with Gasteiger partial charge in [-0.25, -0.2) is 0 Å². The van der Waals surface area contributed by atoms with Crippen molar-refractivity contribution in [2.45, 2.75) is 33.1 Å². The summed E-state index contributed by atoms with van der Waals surface area (Å²) in [5, 5.41) is 11.5. The molecule has 0 heterocycles. The Hall–Kier alpha value is -2.10. The van der Waals surface area contributed by atoms with Crippen LogP contribution in [-0.2, 0) is 9.59 Å². The number of carboxylic acid groups (broad SMARTS) is 1. The van der Waals surface area contributed by atoms with Gasteiger partial charge in [0.15, 0.2) is 0 Å². The van der Waals surface area contributed by atoms with Crippen LogP contribution in [0.5, 0.6) is 0 Å². The van der Waals surface area contributed by atoms with Gasteiger partial charge < -0.3 is 10.4 Å². The maximum Gasteiger partial charge on any atom is 0.308 e. The smallest absolute Gasteiger partial charge is 0.308 e. The third-order valence-corrected chi connectivity index (χ3v) is 3.40. The molecule has 21 heavy (non-hydrogen) atoms. The summed E-state index contributed by atoms with van der Waals surface area (Å²) in [5.41, 5.74) is 2.20. The van der Waals surface area contributed by atoms with Gasteiger partial charge in [0.2, 0.25) is 5.91 Å². The Morgan fingerprint density at radius 1 is 1.24 bits per heavy atom. The summed E-state index contributed by atoms with van der Waals surface area (Å²) in [7, 11) is 0. The average Bonchev–Trinajstić information content (AvgIpc) is 2.45. The molecule has 0 saturated heterocycles. The van der Waals surface area contributed by atoms with Crippen LogP contribution in [0.4, 0.5) is 0 Å². The second-order valence-corrected chi connectivity index (χ2v) is 5.34. The molecule has 4 nitrogen and oxygen atoms in total. The summed E-state index contributed by atoms with van der Waals surface area (Å²) >= 11 is 0. The fourth-order valence-corrected chi connectivity index (χ4v) is 1.85.